The molecule has 0 radical (unpaired) electrons. The summed E-state index contributed by atoms with van der Waals surface area (Å²) >= 11 is 0. The SMILES string of the molecule is O=C(Cc1ccc2c(c1)OCO2)N(Cc1ccc2c(c1)OCCO2)c1ccccc1. The first kappa shape index (κ1) is 18.4. The lowest BCUT2D eigenvalue weighted by Gasteiger charge is -2.24. The second-order valence-corrected chi connectivity index (χ2v) is 7.16. The van der Waals surface area contributed by atoms with Gasteiger partial charge < -0.3 is 23.8 Å². The van der Waals surface area contributed by atoms with Crippen molar-refractivity contribution < 1.29 is 23.7 Å². The lowest BCUT2D eigenvalue weighted by atomic mass is 10.1. The number of carbonyl (C=O) groups excluding carboxylic acids is 1. The van der Waals surface area contributed by atoms with Gasteiger partial charge in [0.05, 0.1) is 13.0 Å². The minimum Gasteiger partial charge on any atom is -0.486 e. The van der Waals surface area contributed by atoms with Crippen LogP contribution in [0.3, 0.4) is 0 Å². The highest BCUT2D eigenvalue weighted by Crippen LogP contribution is 2.34. The predicted octanol–water partition coefficient (Wildman–Crippen LogP) is 3.96. The van der Waals surface area contributed by atoms with Crippen LogP contribution in [0.2, 0.25) is 0 Å². The molecular formula is C24H21NO5. The van der Waals surface area contributed by atoms with Gasteiger partial charge in [0, 0.05) is 5.69 Å². The first-order chi connectivity index (χ1) is 14.8. The zero-order valence-corrected chi connectivity index (χ0v) is 16.4. The van der Waals surface area contributed by atoms with Gasteiger partial charge in [-0.1, -0.05) is 30.3 Å². The number of benzene rings is 3. The molecule has 152 valence electrons. The van der Waals surface area contributed by atoms with Crippen LogP contribution in [-0.2, 0) is 17.8 Å². The summed E-state index contributed by atoms with van der Waals surface area (Å²) in [4.78, 5) is 15.1. The van der Waals surface area contributed by atoms with Gasteiger partial charge in [-0.3, -0.25) is 4.79 Å². The second-order valence-electron chi connectivity index (χ2n) is 7.16. The topological polar surface area (TPSA) is 57.2 Å². The largest absolute Gasteiger partial charge is 0.486 e. The van der Waals surface area contributed by atoms with Crippen molar-refractivity contribution in [1.82, 2.24) is 0 Å². The van der Waals surface area contributed by atoms with Crippen LogP contribution in [-0.4, -0.2) is 25.9 Å². The van der Waals surface area contributed by atoms with Gasteiger partial charge in [-0.15, -0.1) is 0 Å². The number of ether oxygens (including phenoxy) is 4. The van der Waals surface area contributed by atoms with Gasteiger partial charge in [-0.25, -0.2) is 0 Å². The van der Waals surface area contributed by atoms with Crippen molar-refractivity contribution in [1.29, 1.82) is 0 Å². The van der Waals surface area contributed by atoms with E-state index in [1.54, 1.807) is 4.90 Å². The number of carbonyl (C=O) groups is 1. The maximum atomic E-state index is 13.3. The number of amides is 1. The molecule has 2 aliphatic heterocycles. The summed E-state index contributed by atoms with van der Waals surface area (Å²) in [5.74, 6) is 2.84. The highest BCUT2D eigenvalue weighted by atomic mass is 16.7. The van der Waals surface area contributed by atoms with E-state index in [-0.39, 0.29) is 19.1 Å². The average Bonchev–Trinajstić information content (AvgIpc) is 3.26. The molecule has 0 N–H and O–H groups in total. The molecule has 0 bridgehead atoms. The number of nitrogens with zero attached hydrogens (tertiary/aromatic N) is 1. The number of hydrogen-bond acceptors (Lipinski definition) is 5. The number of fused-ring (bicyclic) bond motifs is 2. The Morgan fingerprint density at radius 3 is 2.20 bits per heavy atom. The maximum absolute atomic E-state index is 13.3. The van der Waals surface area contributed by atoms with Gasteiger partial charge >= 0.3 is 0 Å². The van der Waals surface area contributed by atoms with E-state index < -0.39 is 0 Å². The molecule has 30 heavy (non-hydrogen) atoms. The first-order valence-corrected chi connectivity index (χ1v) is 9.89. The number of hydrogen-bond donors (Lipinski definition) is 0. The van der Waals surface area contributed by atoms with E-state index in [9.17, 15) is 4.79 Å². The first-order valence-electron chi connectivity index (χ1n) is 9.89. The molecule has 6 nitrogen and oxygen atoms in total. The van der Waals surface area contributed by atoms with Crippen molar-refractivity contribution in [3.8, 4) is 23.0 Å². The van der Waals surface area contributed by atoms with E-state index in [0.29, 0.717) is 31.3 Å². The molecule has 0 spiro atoms. The third-order valence-corrected chi connectivity index (χ3v) is 5.11. The molecule has 0 saturated carbocycles. The zero-order chi connectivity index (χ0) is 20.3. The zero-order valence-electron chi connectivity index (χ0n) is 16.4. The quantitative estimate of drug-likeness (QED) is 0.645. The number of anilines is 1. The monoisotopic (exact) mass is 403 g/mol. The van der Waals surface area contributed by atoms with Crippen LogP contribution in [0, 0.1) is 0 Å². The maximum Gasteiger partial charge on any atom is 0.231 e. The minimum atomic E-state index is -0.00467. The molecule has 2 aliphatic rings. The summed E-state index contributed by atoms with van der Waals surface area (Å²) in [5.41, 5.74) is 2.70. The van der Waals surface area contributed by atoms with Crippen molar-refractivity contribution >= 4 is 11.6 Å². The van der Waals surface area contributed by atoms with E-state index in [1.165, 1.54) is 0 Å². The molecule has 3 aromatic rings. The van der Waals surface area contributed by atoms with Crippen LogP contribution >= 0.6 is 0 Å². The lowest BCUT2D eigenvalue weighted by Crippen LogP contribution is -2.31. The third kappa shape index (κ3) is 3.76. The molecule has 1 amide bonds. The predicted molar refractivity (Wildman–Crippen MR) is 111 cm³/mol. The van der Waals surface area contributed by atoms with Crippen LogP contribution in [0.1, 0.15) is 11.1 Å². The van der Waals surface area contributed by atoms with Crippen molar-refractivity contribution in [2.45, 2.75) is 13.0 Å². The van der Waals surface area contributed by atoms with E-state index in [1.807, 2.05) is 66.7 Å². The average molecular weight is 403 g/mol. The van der Waals surface area contributed by atoms with E-state index in [4.69, 9.17) is 18.9 Å². The van der Waals surface area contributed by atoms with Crippen molar-refractivity contribution in [3.05, 3.63) is 77.9 Å². The van der Waals surface area contributed by atoms with E-state index in [2.05, 4.69) is 0 Å². The molecule has 5 rings (SSSR count). The molecule has 0 aliphatic carbocycles. The Morgan fingerprint density at radius 2 is 1.37 bits per heavy atom. The Morgan fingerprint density at radius 1 is 0.733 bits per heavy atom. The highest BCUT2D eigenvalue weighted by Gasteiger charge is 2.20. The van der Waals surface area contributed by atoms with Gasteiger partial charge in [0.25, 0.3) is 0 Å². The van der Waals surface area contributed by atoms with Gasteiger partial charge in [-0.2, -0.15) is 0 Å². The van der Waals surface area contributed by atoms with E-state index >= 15 is 0 Å². The van der Waals surface area contributed by atoms with Gasteiger partial charge in [-0.05, 0) is 47.5 Å². The number of rotatable bonds is 5. The Hall–Kier alpha value is -3.67. The summed E-state index contributed by atoms with van der Waals surface area (Å²) in [6.45, 7) is 1.73. The van der Waals surface area contributed by atoms with Crippen molar-refractivity contribution in [2.75, 3.05) is 24.9 Å². The number of para-hydroxylation sites is 1. The molecule has 6 heteroatoms. The smallest absolute Gasteiger partial charge is 0.231 e. The van der Waals surface area contributed by atoms with Crippen molar-refractivity contribution in [2.24, 2.45) is 0 Å². The Bertz CT molecular complexity index is 1070. The summed E-state index contributed by atoms with van der Waals surface area (Å²) in [5, 5.41) is 0. The molecule has 0 aromatic heterocycles. The Labute approximate surface area is 174 Å². The normalized spacial score (nSPS) is 13.7. The summed E-state index contributed by atoms with van der Waals surface area (Å²) in [6, 6.07) is 21.1. The molecule has 0 fully saturated rings. The van der Waals surface area contributed by atoms with Crippen LogP contribution in [0.25, 0.3) is 0 Å². The van der Waals surface area contributed by atoms with E-state index in [0.717, 1.165) is 28.3 Å². The minimum absolute atomic E-state index is 0.00467. The Kier molecular flexibility index (Phi) is 4.89. The van der Waals surface area contributed by atoms with Crippen LogP contribution in [0.4, 0.5) is 5.69 Å². The van der Waals surface area contributed by atoms with Crippen LogP contribution in [0.5, 0.6) is 23.0 Å². The third-order valence-electron chi connectivity index (χ3n) is 5.11. The fraction of sp³-hybridized carbons (Fsp3) is 0.208. The summed E-state index contributed by atoms with van der Waals surface area (Å²) in [6.07, 6.45) is 0.260. The summed E-state index contributed by atoms with van der Waals surface area (Å²) < 4.78 is 22.1. The van der Waals surface area contributed by atoms with Gasteiger partial charge in [0.15, 0.2) is 23.0 Å². The molecular weight excluding hydrogens is 382 g/mol. The van der Waals surface area contributed by atoms with Crippen LogP contribution < -0.4 is 23.8 Å². The molecule has 0 unspecified atom stereocenters. The molecule has 0 atom stereocenters. The standard InChI is InChI=1S/C24H21NO5/c26-24(14-17-6-8-21-23(12-17)30-16-29-21)25(19-4-2-1-3-5-19)15-18-7-9-20-22(13-18)28-11-10-27-20/h1-9,12-13H,10-11,14-16H2. The fourth-order valence-corrected chi connectivity index (χ4v) is 3.62. The fourth-order valence-electron chi connectivity index (χ4n) is 3.62. The lowest BCUT2D eigenvalue weighted by molar-refractivity contribution is -0.118. The van der Waals surface area contributed by atoms with Crippen LogP contribution in [0.15, 0.2) is 66.7 Å². The Balaban J connectivity index is 1.40. The molecule has 3 aromatic carbocycles. The van der Waals surface area contributed by atoms with Crippen molar-refractivity contribution in [3.63, 3.8) is 0 Å². The molecule has 2 heterocycles. The second kappa shape index (κ2) is 7.99. The highest BCUT2D eigenvalue weighted by molar-refractivity contribution is 5.94. The summed E-state index contributed by atoms with van der Waals surface area (Å²) in [7, 11) is 0. The van der Waals surface area contributed by atoms with Gasteiger partial charge in [0.1, 0.15) is 13.2 Å². The molecule has 0 saturated heterocycles. The van der Waals surface area contributed by atoms with Gasteiger partial charge in [0.2, 0.25) is 12.7 Å².